The van der Waals surface area contributed by atoms with Crippen LogP contribution in [0.3, 0.4) is 0 Å². The maximum atomic E-state index is 10.6. The molecule has 0 aliphatic carbocycles. The van der Waals surface area contributed by atoms with Crippen LogP contribution in [0.15, 0.2) is 42.5 Å². The molecule has 1 unspecified atom stereocenters. The first-order valence-electron chi connectivity index (χ1n) is 6.69. The number of hydrogen-bond acceptors (Lipinski definition) is 2. The van der Waals surface area contributed by atoms with Crippen molar-refractivity contribution in [1.82, 2.24) is 0 Å². The molecule has 1 aliphatic rings. The van der Waals surface area contributed by atoms with E-state index in [1.54, 1.807) is 0 Å². The average molecular weight is 254 g/mol. The highest BCUT2D eigenvalue weighted by molar-refractivity contribution is 5.47. The molecule has 1 atom stereocenters. The third kappa shape index (κ3) is 2.13. The van der Waals surface area contributed by atoms with E-state index < -0.39 is 6.10 Å². The van der Waals surface area contributed by atoms with Gasteiger partial charge in [0.2, 0.25) is 0 Å². The normalized spacial score (nSPS) is 17.4. The van der Waals surface area contributed by atoms with Gasteiger partial charge in [0.25, 0.3) is 0 Å². The standard InChI is InChI=1S/C17H18O2/c1-11(2)12-7-8-16-15(9-12)17(18)14-6-4-3-5-13(14)10-19-16/h3-9,11,17-18H,10H2,1-2H3. The SMILES string of the molecule is CC(C)c1ccc2c(c1)C(O)c1ccccc1CO2. The number of benzene rings is 2. The van der Waals surface area contributed by atoms with Gasteiger partial charge < -0.3 is 9.84 Å². The van der Waals surface area contributed by atoms with E-state index in [0.29, 0.717) is 12.5 Å². The van der Waals surface area contributed by atoms with Gasteiger partial charge in [0.05, 0.1) is 0 Å². The first-order valence-corrected chi connectivity index (χ1v) is 6.69. The zero-order valence-corrected chi connectivity index (χ0v) is 11.3. The highest BCUT2D eigenvalue weighted by atomic mass is 16.5. The largest absolute Gasteiger partial charge is 0.488 e. The fraction of sp³-hybridized carbons (Fsp3) is 0.294. The van der Waals surface area contributed by atoms with Crippen molar-refractivity contribution >= 4 is 0 Å². The topological polar surface area (TPSA) is 29.5 Å². The molecule has 3 rings (SSSR count). The molecule has 0 amide bonds. The highest BCUT2D eigenvalue weighted by Gasteiger charge is 2.23. The summed E-state index contributed by atoms with van der Waals surface area (Å²) < 4.78 is 5.82. The van der Waals surface area contributed by atoms with Crippen LogP contribution in [0.25, 0.3) is 0 Å². The van der Waals surface area contributed by atoms with Crippen LogP contribution in [-0.2, 0) is 6.61 Å². The van der Waals surface area contributed by atoms with Gasteiger partial charge in [0.15, 0.2) is 0 Å². The second-order valence-electron chi connectivity index (χ2n) is 5.34. The van der Waals surface area contributed by atoms with Crippen LogP contribution >= 0.6 is 0 Å². The third-order valence-electron chi connectivity index (χ3n) is 3.73. The molecule has 1 heterocycles. The van der Waals surface area contributed by atoms with E-state index in [1.807, 2.05) is 30.3 Å². The Balaban J connectivity index is 2.13. The minimum absolute atomic E-state index is 0.441. The van der Waals surface area contributed by atoms with E-state index in [4.69, 9.17) is 4.74 Å². The van der Waals surface area contributed by atoms with Gasteiger partial charge in [-0.15, -0.1) is 0 Å². The van der Waals surface area contributed by atoms with E-state index in [-0.39, 0.29) is 0 Å². The Morgan fingerprint density at radius 3 is 2.68 bits per heavy atom. The van der Waals surface area contributed by atoms with Crippen LogP contribution in [0.1, 0.15) is 48.1 Å². The van der Waals surface area contributed by atoms with Crippen molar-refractivity contribution in [2.75, 3.05) is 0 Å². The summed E-state index contributed by atoms with van der Waals surface area (Å²) in [5.74, 6) is 1.23. The second-order valence-corrected chi connectivity index (χ2v) is 5.34. The average Bonchev–Trinajstić information content (AvgIpc) is 2.57. The van der Waals surface area contributed by atoms with E-state index in [0.717, 1.165) is 22.4 Å². The molecule has 1 aliphatic heterocycles. The quantitative estimate of drug-likeness (QED) is 0.839. The van der Waals surface area contributed by atoms with Gasteiger partial charge in [-0.3, -0.25) is 0 Å². The molecule has 98 valence electrons. The summed E-state index contributed by atoms with van der Waals surface area (Å²) in [6.45, 7) is 4.82. The number of hydrogen-bond donors (Lipinski definition) is 1. The molecule has 2 aromatic rings. The minimum atomic E-state index is -0.604. The lowest BCUT2D eigenvalue weighted by Gasteiger charge is -2.15. The zero-order chi connectivity index (χ0) is 13.4. The Morgan fingerprint density at radius 2 is 1.89 bits per heavy atom. The molecule has 0 fully saturated rings. The first-order chi connectivity index (χ1) is 9.16. The molecular formula is C17H18O2. The van der Waals surface area contributed by atoms with Crippen LogP contribution in [-0.4, -0.2) is 5.11 Å². The van der Waals surface area contributed by atoms with Gasteiger partial charge in [-0.25, -0.2) is 0 Å². The lowest BCUT2D eigenvalue weighted by molar-refractivity contribution is 0.218. The van der Waals surface area contributed by atoms with Crippen molar-refractivity contribution in [2.45, 2.75) is 32.5 Å². The molecule has 1 N–H and O–H groups in total. The van der Waals surface area contributed by atoms with E-state index in [9.17, 15) is 5.11 Å². The molecule has 0 aromatic heterocycles. The van der Waals surface area contributed by atoms with Gasteiger partial charge in [-0.2, -0.15) is 0 Å². The maximum Gasteiger partial charge on any atom is 0.125 e. The van der Waals surface area contributed by atoms with Crippen molar-refractivity contribution in [2.24, 2.45) is 0 Å². The van der Waals surface area contributed by atoms with Gasteiger partial charge in [-0.05, 0) is 34.7 Å². The third-order valence-corrected chi connectivity index (χ3v) is 3.73. The Bertz CT molecular complexity index is 602. The number of aliphatic hydroxyl groups excluding tert-OH is 1. The van der Waals surface area contributed by atoms with Crippen LogP contribution < -0.4 is 4.74 Å². The molecule has 0 saturated heterocycles. The van der Waals surface area contributed by atoms with Gasteiger partial charge in [0, 0.05) is 5.56 Å². The van der Waals surface area contributed by atoms with Crippen LogP contribution in [0.2, 0.25) is 0 Å². The van der Waals surface area contributed by atoms with Crippen LogP contribution in [0.4, 0.5) is 0 Å². The fourth-order valence-corrected chi connectivity index (χ4v) is 2.53. The molecule has 0 bridgehead atoms. The summed E-state index contributed by atoms with van der Waals surface area (Å²) in [6.07, 6.45) is -0.604. The molecule has 2 heteroatoms. The van der Waals surface area contributed by atoms with Gasteiger partial charge >= 0.3 is 0 Å². The summed E-state index contributed by atoms with van der Waals surface area (Å²) in [5, 5.41) is 10.6. The van der Waals surface area contributed by atoms with Crippen molar-refractivity contribution in [3.8, 4) is 5.75 Å². The minimum Gasteiger partial charge on any atom is -0.488 e. The zero-order valence-electron chi connectivity index (χ0n) is 11.3. The summed E-state index contributed by atoms with van der Waals surface area (Å²) in [7, 11) is 0. The monoisotopic (exact) mass is 254 g/mol. The van der Waals surface area contributed by atoms with E-state index >= 15 is 0 Å². The smallest absolute Gasteiger partial charge is 0.125 e. The molecule has 0 saturated carbocycles. The van der Waals surface area contributed by atoms with Crippen molar-refractivity contribution < 1.29 is 9.84 Å². The number of aliphatic hydroxyl groups is 1. The van der Waals surface area contributed by atoms with Crippen molar-refractivity contribution in [3.05, 3.63) is 64.7 Å². The Hall–Kier alpha value is -1.80. The molecule has 0 radical (unpaired) electrons. The van der Waals surface area contributed by atoms with Gasteiger partial charge in [-0.1, -0.05) is 44.2 Å². The lowest BCUT2D eigenvalue weighted by atomic mass is 9.94. The van der Waals surface area contributed by atoms with E-state index in [2.05, 4.69) is 26.0 Å². The molecule has 19 heavy (non-hydrogen) atoms. The summed E-state index contributed by atoms with van der Waals surface area (Å²) in [5.41, 5.74) is 4.09. The summed E-state index contributed by atoms with van der Waals surface area (Å²) >= 11 is 0. The van der Waals surface area contributed by atoms with Crippen LogP contribution in [0.5, 0.6) is 5.75 Å². The Kier molecular flexibility index (Phi) is 3.03. The maximum absolute atomic E-state index is 10.6. The fourth-order valence-electron chi connectivity index (χ4n) is 2.53. The summed E-state index contributed by atoms with van der Waals surface area (Å²) in [4.78, 5) is 0. The summed E-state index contributed by atoms with van der Waals surface area (Å²) in [6, 6.07) is 14.0. The predicted molar refractivity (Wildman–Crippen MR) is 75.4 cm³/mol. The molecule has 2 aromatic carbocycles. The second kappa shape index (κ2) is 4.71. The molecule has 2 nitrogen and oxygen atoms in total. The van der Waals surface area contributed by atoms with E-state index in [1.165, 1.54) is 5.56 Å². The van der Waals surface area contributed by atoms with Crippen LogP contribution in [0, 0.1) is 0 Å². The molecule has 0 spiro atoms. The predicted octanol–water partition coefficient (Wildman–Crippen LogP) is 3.78. The van der Waals surface area contributed by atoms with Crippen molar-refractivity contribution in [3.63, 3.8) is 0 Å². The highest BCUT2D eigenvalue weighted by Crippen LogP contribution is 2.37. The van der Waals surface area contributed by atoms with Gasteiger partial charge in [0.1, 0.15) is 18.5 Å². The number of rotatable bonds is 1. The first kappa shape index (κ1) is 12.2. The Labute approximate surface area is 113 Å². The lowest BCUT2D eigenvalue weighted by Crippen LogP contribution is -2.02. The van der Waals surface area contributed by atoms with Crippen molar-refractivity contribution in [1.29, 1.82) is 0 Å². The number of ether oxygens (including phenoxy) is 1. The molecular weight excluding hydrogens is 236 g/mol. The number of fused-ring (bicyclic) bond motifs is 2. The Morgan fingerprint density at radius 1 is 1.11 bits per heavy atom.